The maximum Gasteiger partial charge on any atom is 0.417 e. The number of fused-ring (bicyclic) bond motifs is 1. The number of pyridine rings is 2. The Kier molecular flexibility index (Phi) is 3.72. The number of hydrogen-bond donors (Lipinski definition) is 2. The molecule has 2 aromatic rings. The highest BCUT2D eigenvalue weighted by Crippen LogP contribution is 2.32. The maximum atomic E-state index is 12.8. The van der Waals surface area contributed by atoms with Gasteiger partial charge in [-0.3, -0.25) is 9.78 Å². The van der Waals surface area contributed by atoms with Crippen LogP contribution in [0, 0.1) is 0 Å². The lowest BCUT2D eigenvalue weighted by molar-refractivity contribution is -0.137. The number of carbonyl (C=O) groups is 1. The van der Waals surface area contributed by atoms with Crippen LogP contribution in [0.4, 0.5) is 19.0 Å². The third-order valence-electron chi connectivity index (χ3n) is 2.74. The van der Waals surface area contributed by atoms with Crippen LogP contribution >= 0.6 is 0 Å². The van der Waals surface area contributed by atoms with E-state index in [1.807, 2.05) is 20.8 Å². The molecule has 5 nitrogen and oxygen atoms in total. The number of anilines is 1. The Morgan fingerprint density at radius 3 is 2.36 bits per heavy atom. The first-order chi connectivity index (χ1) is 9.97. The molecule has 3 N–H and O–H groups in total. The van der Waals surface area contributed by atoms with Crippen molar-refractivity contribution < 1.29 is 18.0 Å². The van der Waals surface area contributed by atoms with E-state index >= 15 is 0 Å². The highest BCUT2D eigenvalue weighted by molar-refractivity contribution is 5.98. The monoisotopic (exact) mass is 312 g/mol. The van der Waals surface area contributed by atoms with Crippen LogP contribution in [0.3, 0.4) is 0 Å². The van der Waals surface area contributed by atoms with Crippen LogP contribution in [-0.2, 0) is 6.18 Å². The van der Waals surface area contributed by atoms with Gasteiger partial charge in [0.2, 0.25) is 0 Å². The van der Waals surface area contributed by atoms with Crippen LogP contribution in [0.15, 0.2) is 18.3 Å². The van der Waals surface area contributed by atoms with Crippen molar-refractivity contribution in [2.45, 2.75) is 32.5 Å². The van der Waals surface area contributed by atoms with Crippen LogP contribution in [0.1, 0.15) is 36.8 Å². The van der Waals surface area contributed by atoms with Gasteiger partial charge in [0, 0.05) is 17.1 Å². The van der Waals surface area contributed by atoms with Gasteiger partial charge in [0.15, 0.2) is 5.82 Å². The zero-order valence-corrected chi connectivity index (χ0v) is 12.2. The van der Waals surface area contributed by atoms with E-state index in [-0.39, 0.29) is 22.4 Å². The van der Waals surface area contributed by atoms with Crippen molar-refractivity contribution in [1.29, 1.82) is 0 Å². The molecule has 0 aliphatic carbocycles. The van der Waals surface area contributed by atoms with Crippen molar-refractivity contribution in [3.05, 3.63) is 29.6 Å². The van der Waals surface area contributed by atoms with Gasteiger partial charge in [0.25, 0.3) is 5.91 Å². The second-order valence-electron chi connectivity index (χ2n) is 5.89. The molecule has 2 heterocycles. The van der Waals surface area contributed by atoms with E-state index in [0.29, 0.717) is 0 Å². The maximum absolute atomic E-state index is 12.8. The molecule has 0 aliphatic rings. The molecule has 0 saturated carbocycles. The third kappa shape index (κ3) is 3.44. The molecule has 0 bridgehead atoms. The van der Waals surface area contributed by atoms with Gasteiger partial charge >= 0.3 is 6.18 Å². The summed E-state index contributed by atoms with van der Waals surface area (Å²) in [5, 5.41) is 3.16. The molecule has 0 unspecified atom stereocenters. The number of hydrogen-bond acceptors (Lipinski definition) is 4. The van der Waals surface area contributed by atoms with Crippen molar-refractivity contribution in [1.82, 2.24) is 9.97 Å². The molecule has 0 aromatic carbocycles. The first kappa shape index (κ1) is 16.0. The summed E-state index contributed by atoms with van der Waals surface area (Å²) in [7, 11) is 0. The molecule has 2 aromatic heterocycles. The van der Waals surface area contributed by atoms with Crippen LogP contribution in [0.25, 0.3) is 10.9 Å². The average molecular weight is 312 g/mol. The van der Waals surface area contributed by atoms with E-state index in [0.717, 1.165) is 12.3 Å². The Bertz CT molecular complexity index is 735. The summed E-state index contributed by atoms with van der Waals surface area (Å²) < 4.78 is 38.4. The first-order valence-electron chi connectivity index (χ1n) is 6.43. The molecular formula is C14H15F3N4O. The van der Waals surface area contributed by atoms with Gasteiger partial charge < -0.3 is 11.1 Å². The zero-order chi connectivity index (χ0) is 16.7. The molecule has 0 atom stereocenters. The van der Waals surface area contributed by atoms with Gasteiger partial charge in [-0.25, -0.2) is 4.98 Å². The fraction of sp³-hybridized carbons (Fsp3) is 0.357. The lowest BCUT2D eigenvalue weighted by atomic mass is 10.1. The smallest absolute Gasteiger partial charge is 0.364 e. The molecule has 0 aliphatic heterocycles. The highest BCUT2D eigenvalue weighted by Gasteiger charge is 2.31. The van der Waals surface area contributed by atoms with Crippen LogP contribution < -0.4 is 11.1 Å². The Labute approximate surface area is 124 Å². The molecule has 0 saturated heterocycles. The Morgan fingerprint density at radius 2 is 1.86 bits per heavy atom. The number of alkyl halides is 3. The third-order valence-corrected chi connectivity index (χ3v) is 2.74. The molecule has 2 rings (SSSR count). The number of aromatic nitrogens is 2. The Balaban J connectivity index is 2.70. The van der Waals surface area contributed by atoms with Crippen LogP contribution in [-0.4, -0.2) is 21.4 Å². The van der Waals surface area contributed by atoms with Crippen molar-refractivity contribution in [3.8, 4) is 0 Å². The summed E-state index contributed by atoms with van der Waals surface area (Å²) in [5.74, 6) is -0.608. The van der Waals surface area contributed by atoms with Crippen molar-refractivity contribution in [3.63, 3.8) is 0 Å². The van der Waals surface area contributed by atoms with Crippen molar-refractivity contribution in [2.24, 2.45) is 5.73 Å². The number of rotatable bonds is 2. The molecule has 118 valence electrons. The summed E-state index contributed by atoms with van der Waals surface area (Å²) in [4.78, 5) is 19.2. The van der Waals surface area contributed by atoms with Gasteiger partial charge in [0.1, 0.15) is 11.2 Å². The number of amides is 1. The predicted molar refractivity (Wildman–Crippen MR) is 76.4 cm³/mol. The number of nitrogens with one attached hydrogen (secondary N) is 1. The van der Waals surface area contributed by atoms with E-state index in [2.05, 4.69) is 15.3 Å². The summed E-state index contributed by atoms with van der Waals surface area (Å²) in [5.41, 5.74) is 3.99. The minimum absolute atomic E-state index is 0.125. The quantitative estimate of drug-likeness (QED) is 0.893. The lowest BCUT2D eigenvalue weighted by Gasteiger charge is -2.22. The summed E-state index contributed by atoms with van der Waals surface area (Å²) in [6, 6.07) is 2.12. The van der Waals surface area contributed by atoms with Gasteiger partial charge in [-0.2, -0.15) is 13.2 Å². The number of primary amides is 1. The highest BCUT2D eigenvalue weighted by atomic mass is 19.4. The van der Waals surface area contributed by atoms with Gasteiger partial charge in [-0.1, -0.05) is 0 Å². The fourth-order valence-electron chi connectivity index (χ4n) is 1.87. The normalized spacial score (nSPS) is 12.5. The molecule has 0 spiro atoms. The minimum atomic E-state index is -4.52. The fourth-order valence-corrected chi connectivity index (χ4v) is 1.87. The lowest BCUT2D eigenvalue weighted by Crippen LogP contribution is -2.27. The predicted octanol–water partition coefficient (Wildman–Crippen LogP) is 2.96. The minimum Gasteiger partial charge on any atom is -0.364 e. The molecular weight excluding hydrogens is 297 g/mol. The van der Waals surface area contributed by atoms with Crippen LogP contribution in [0.2, 0.25) is 0 Å². The summed E-state index contributed by atoms with van der Waals surface area (Å²) in [6.45, 7) is 5.55. The Morgan fingerprint density at radius 1 is 1.23 bits per heavy atom. The van der Waals surface area contributed by atoms with E-state index in [1.165, 1.54) is 6.07 Å². The standard InChI is InChI=1S/C14H15F3N4O/c1-13(2,3)21-12-10-7(5-9(20-12)11(18)22)4-8(6-19-10)14(15,16)17/h4-6H,1-3H3,(H2,18,22)(H,20,21). The van der Waals surface area contributed by atoms with Gasteiger partial charge in [0.05, 0.1) is 5.56 Å². The van der Waals surface area contributed by atoms with Crippen molar-refractivity contribution in [2.75, 3.05) is 5.32 Å². The zero-order valence-electron chi connectivity index (χ0n) is 12.2. The molecule has 22 heavy (non-hydrogen) atoms. The number of carbonyl (C=O) groups excluding carboxylic acids is 1. The Hall–Kier alpha value is -2.38. The number of nitrogens with zero attached hydrogens (tertiary/aromatic N) is 2. The number of nitrogens with two attached hydrogens (primary N) is 1. The molecule has 0 radical (unpaired) electrons. The van der Waals surface area contributed by atoms with E-state index in [4.69, 9.17) is 5.73 Å². The van der Waals surface area contributed by atoms with E-state index in [9.17, 15) is 18.0 Å². The SMILES string of the molecule is CC(C)(C)Nc1nc(C(N)=O)cc2cc(C(F)(F)F)cnc12. The van der Waals surface area contributed by atoms with E-state index < -0.39 is 23.2 Å². The molecule has 0 fully saturated rings. The van der Waals surface area contributed by atoms with Crippen molar-refractivity contribution >= 4 is 22.6 Å². The van der Waals surface area contributed by atoms with Gasteiger partial charge in [-0.15, -0.1) is 0 Å². The number of halogens is 3. The first-order valence-corrected chi connectivity index (χ1v) is 6.43. The topological polar surface area (TPSA) is 80.9 Å². The second-order valence-corrected chi connectivity index (χ2v) is 5.89. The largest absolute Gasteiger partial charge is 0.417 e. The van der Waals surface area contributed by atoms with Gasteiger partial charge in [-0.05, 0) is 32.9 Å². The van der Waals surface area contributed by atoms with E-state index in [1.54, 1.807) is 0 Å². The molecule has 8 heteroatoms. The van der Waals surface area contributed by atoms with Crippen LogP contribution in [0.5, 0.6) is 0 Å². The second kappa shape index (κ2) is 5.11. The molecule has 1 amide bonds. The average Bonchev–Trinajstić information content (AvgIpc) is 2.34. The summed E-state index contributed by atoms with van der Waals surface area (Å²) in [6.07, 6.45) is -3.78. The summed E-state index contributed by atoms with van der Waals surface area (Å²) >= 11 is 0.